The van der Waals surface area contributed by atoms with Crippen LogP contribution < -0.4 is 16.6 Å². The Morgan fingerprint density at radius 2 is 2.10 bits per heavy atom. The minimum absolute atomic E-state index is 0.180. The van der Waals surface area contributed by atoms with E-state index < -0.39 is 0 Å². The van der Waals surface area contributed by atoms with Crippen LogP contribution in [0.2, 0.25) is 5.02 Å². The molecule has 0 bridgehead atoms. The molecule has 0 saturated carbocycles. The number of amides is 1. The molecule has 0 saturated heterocycles. The summed E-state index contributed by atoms with van der Waals surface area (Å²) < 4.78 is 0. The van der Waals surface area contributed by atoms with E-state index in [1.807, 2.05) is 25.1 Å². The number of halogens is 1. The Kier molecular flexibility index (Phi) is 4.49. The van der Waals surface area contributed by atoms with Crippen molar-refractivity contribution in [2.24, 2.45) is 5.84 Å². The Labute approximate surface area is 121 Å². The number of hydrogen-bond donors (Lipinski definition) is 3. The van der Waals surface area contributed by atoms with Crippen LogP contribution >= 0.6 is 11.6 Å². The molecule has 1 aromatic carbocycles. The van der Waals surface area contributed by atoms with Gasteiger partial charge in [-0.05, 0) is 18.6 Å². The fourth-order valence-corrected chi connectivity index (χ4v) is 2.02. The number of rotatable bonds is 4. The standard InChI is InChI=1S/C13H14ClN5O/c1-8(9-4-2-3-5-10(9)14)17-13(20)11-6-16-7-12(18-11)19-15/h2-8H,15H2,1H3,(H,17,20)(H,18,19). The first kappa shape index (κ1) is 14.2. The van der Waals surface area contributed by atoms with Crippen LogP contribution in [-0.2, 0) is 0 Å². The van der Waals surface area contributed by atoms with Gasteiger partial charge in [-0.2, -0.15) is 0 Å². The lowest BCUT2D eigenvalue weighted by Gasteiger charge is -2.15. The number of benzene rings is 1. The second kappa shape index (κ2) is 6.31. The van der Waals surface area contributed by atoms with Gasteiger partial charge >= 0.3 is 0 Å². The first-order valence-corrected chi connectivity index (χ1v) is 6.33. The Morgan fingerprint density at radius 3 is 2.80 bits per heavy atom. The van der Waals surface area contributed by atoms with Crippen molar-refractivity contribution in [3.63, 3.8) is 0 Å². The molecule has 1 heterocycles. The number of aromatic nitrogens is 2. The van der Waals surface area contributed by atoms with Crippen molar-refractivity contribution < 1.29 is 4.79 Å². The first-order valence-electron chi connectivity index (χ1n) is 5.95. The topological polar surface area (TPSA) is 92.9 Å². The maximum absolute atomic E-state index is 12.1. The summed E-state index contributed by atoms with van der Waals surface area (Å²) in [6.07, 6.45) is 2.80. The quantitative estimate of drug-likeness (QED) is 0.591. The molecule has 6 nitrogen and oxygen atoms in total. The van der Waals surface area contributed by atoms with Crippen LogP contribution in [0.25, 0.3) is 0 Å². The molecule has 2 rings (SSSR count). The summed E-state index contributed by atoms with van der Waals surface area (Å²) in [5.41, 5.74) is 3.36. The zero-order valence-corrected chi connectivity index (χ0v) is 11.6. The fourth-order valence-electron chi connectivity index (χ4n) is 1.72. The monoisotopic (exact) mass is 291 g/mol. The predicted octanol–water partition coefficient (Wildman–Crippen LogP) is 1.91. The highest BCUT2D eigenvalue weighted by atomic mass is 35.5. The van der Waals surface area contributed by atoms with Crippen molar-refractivity contribution in [2.45, 2.75) is 13.0 Å². The maximum atomic E-state index is 12.1. The lowest BCUT2D eigenvalue weighted by atomic mass is 10.1. The summed E-state index contributed by atoms with van der Waals surface area (Å²) in [6, 6.07) is 7.09. The van der Waals surface area contributed by atoms with Crippen LogP contribution in [0.4, 0.5) is 5.82 Å². The van der Waals surface area contributed by atoms with Gasteiger partial charge in [-0.25, -0.2) is 10.8 Å². The van der Waals surface area contributed by atoms with E-state index in [0.717, 1.165) is 5.56 Å². The molecule has 0 spiro atoms. The van der Waals surface area contributed by atoms with Crippen LogP contribution in [-0.4, -0.2) is 15.9 Å². The summed E-state index contributed by atoms with van der Waals surface area (Å²) in [7, 11) is 0. The van der Waals surface area contributed by atoms with E-state index in [1.54, 1.807) is 6.07 Å². The number of nitrogens with two attached hydrogens (primary N) is 1. The fraction of sp³-hybridized carbons (Fsp3) is 0.154. The number of nitrogens with one attached hydrogen (secondary N) is 2. The Bertz CT molecular complexity index is 619. The average molecular weight is 292 g/mol. The van der Waals surface area contributed by atoms with Gasteiger partial charge in [-0.1, -0.05) is 29.8 Å². The molecule has 1 unspecified atom stereocenters. The van der Waals surface area contributed by atoms with Crippen molar-refractivity contribution in [3.8, 4) is 0 Å². The molecule has 2 aromatic rings. The lowest BCUT2D eigenvalue weighted by Crippen LogP contribution is -2.28. The van der Waals surface area contributed by atoms with Gasteiger partial charge < -0.3 is 10.7 Å². The van der Waals surface area contributed by atoms with Crippen molar-refractivity contribution in [1.29, 1.82) is 0 Å². The first-order chi connectivity index (χ1) is 9.61. The minimum Gasteiger partial charge on any atom is -0.344 e. The Balaban J connectivity index is 2.13. The lowest BCUT2D eigenvalue weighted by molar-refractivity contribution is 0.0934. The molecule has 0 aliphatic carbocycles. The van der Waals surface area contributed by atoms with Gasteiger partial charge in [0.05, 0.1) is 18.4 Å². The molecule has 1 atom stereocenters. The van der Waals surface area contributed by atoms with Crippen LogP contribution in [0.3, 0.4) is 0 Å². The molecule has 1 aromatic heterocycles. The van der Waals surface area contributed by atoms with Crippen LogP contribution in [0.15, 0.2) is 36.7 Å². The predicted molar refractivity (Wildman–Crippen MR) is 77.2 cm³/mol. The highest BCUT2D eigenvalue weighted by molar-refractivity contribution is 6.31. The van der Waals surface area contributed by atoms with Gasteiger partial charge in [0.15, 0.2) is 5.82 Å². The molecule has 7 heteroatoms. The second-order valence-corrected chi connectivity index (χ2v) is 4.56. The number of nitrogens with zero attached hydrogens (tertiary/aromatic N) is 2. The van der Waals surface area contributed by atoms with Crippen molar-refractivity contribution in [1.82, 2.24) is 15.3 Å². The van der Waals surface area contributed by atoms with E-state index in [-0.39, 0.29) is 17.6 Å². The third kappa shape index (κ3) is 3.23. The van der Waals surface area contributed by atoms with E-state index in [1.165, 1.54) is 12.4 Å². The number of anilines is 1. The molecule has 104 valence electrons. The van der Waals surface area contributed by atoms with Gasteiger partial charge in [0, 0.05) is 5.02 Å². The van der Waals surface area contributed by atoms with Crippen molar-refractivity contribution in [3.05, 3.63) is 52.9 Å². The van der Waals surface area contributed by atoms with Crippen molar-refractivity contribution in [2.75, 3.05) is 5.43 Å². The van der Waals surface area contributed by atoms with E-state index in [4.69, 9.17) is 17.4 Å². The zero-order valence-electron chi connectivity index (χ0n) is 10.8. The van der Waals surface area contributed by atoms with Crippen LogP contribution in [0.5, 0.6) is 0 Å². The van der Waals surface area contributed by atoms with Gasteiger partial charge in [0.1, 0.15) is 5.69 Å². The minimum atomic E-state index is -0.345. The molecule has 1 amide bonds. The SMILES string of the molecule is CC(NC(=O)c1cncc(NN)n1)c1ccccc1Cl. The molecule has 0 aliphatic heterocycles. The number of hydrazine groups is 1. The highest BCUT2D eigenvalue weighted by Gasteiger charge is 2.15. The summed E-state index contributed by atoms with van der Waals surface area (Å²) in [5.74, 6) is 5.21. The Morgan fingerprint density at radius 1 is 1.35 bits per heavy atom. The summed E-state index contributed by atoms with van der Waals surface area (Å²) in [4.78, 5) is 20.0. The van der Waals surface area contributed by atoms with Crippen molar-refractivity contribution >= 4 is 23.3 Å². The molecular formula is C13H14ClN5O. The number of carbonyl (C=O) groups is 1. The third-order valence-corrected chi connectivity index (χ3v) is 3.08. The highest BCUT2D eigenvalue weighted by Crippen LogP contribution is 2.22. The smallest absolute Gasteiger partial charge is 0.272 e. The summed E-state index contributed by atoms with van der Waals surface area (Å²) in [5, 5.41) is 3.41. The normalized spacial score (nSPS) is 11.8. The van der Waals surface area contributed by atoms with E-state index >= 15 is 0 Å². The van der Waals surface area contributed by atoms with E-state index in [0.29, 0.717) is 10.8 Å². The van der Waals surface area contributed by atoms with Crippen LogP contribution in [0, 0.1) is 0 Å². The van der Waals surface area contributed by atoms with Gasteiger partial charge in [0.25, 0.3) is 5.91 Å². The maximum Gasteiger partial charge on any atom is 0.272 e. The van der Waals surface area contributed by atoms with Crippen LogP contribution in [0.1, 0.15) is 29.0 Å². The molecule has 0 radical (unpaired) electrons. The van der Waals surface area contributed by atoms with Gasteiger partial charge in [-0.3, -0.25) is 9.78 Å². The number of hydrogen-bond acceptors (Lipinski definition) is 5. The summed E-state index contributed by atoms with van der Waals surface area (Å²) >= 11 is 6.09. The zero-order chi connectivity index (χ0) is 14.5. The molecular weight excluding hydrogens is 278 g/mol. The molecule has 0 aliphatic rings. The second-order valence-electron chi connectivity index (χ2n) is 4.15. The molecule has 20 heavy (non-hydrogen) atoms. The van der Waals surface area contributed by atoms with Gasteiger partial charge in [-0.15, -0.1) is 0 Å². The largest absolute Gasteiger partial charge is 0.344 e. The average Bonchev–Trinajstić information content (AvgIpc) is 2.47. The number of nitrogen functional groups attached to an aromatic ring is 1. The molecule has 4 N–H and O–H groups in total. The van der Waals surface area contributed by atoms with E-state index in [9.17, 15) is 4.79 Å². The number of carbonyl (C=O) groups excluding carboxylic acids is 1. The van der Waals surface area contributed by atoms with Gasteiger partial charge in [0.2, 0.25) is 0 Å². The third-order valence-electron chi connectivity index (χ3n) is 2.73. The Hall–Kier alpha value is -2.18. The van der Waals surface area contributed by atoms with E-state index in [2.05, 4.69) is 20.7 Å². The summed E-state index contributed by atoms with van der Waals surface area (Å²) in [6.45, 7) is 1.84. The molecule has 0 fully saturated rings.